The maximum absolute atomic E-state index is 12.4. The number of alkyl halides is 1. The minimum Gasteiger partial charge on any atom is -0.324 e. The normalized spacial score (nSPS) is 20.3. The van der Waals surface area contributed by atoms with Gasteiger partial charge in [0.15, 0.2) is 17.3 Å². The van der Waals surface area contributed by atoms with Gasteiger partial charge in [-0.25, -0.2) is 0 Å². The molecule has 108 valence electrons. The molecule has 6 heteroatoms. The van der Waals surface area contributed by atoms with Crippen molar-refractivity contribution in [2.75, 3.05) is 11.2 Å². The lowest BCUT2D eigenvalue weighted by atomic mass is 9.95. The molecule has 3 rings (SSSR count). The third-order valence-corrected chi connectivity index (χ3v) is 4.00. The first-order valence-electron chi connectivity index (χ1n) is 6.65. The van der Waals surface area contributed by atoms with Gasteiger partial charge < -0.3 is 5.32 Å². The molecule has 1 fully saturated rings. The molecular weight excluding hydrogens is 294 g/mol. The molecule has 2 aliphatic rings. The number of halogens is 1. The Morgan fingerprint density at radius 3 is 2.52 bits per heavy atom. The van der Waals surface area contributed by atoms with Gasteiger partial charge >= 0.3 is 0 Å². The van der Waals surface area contributed by atoms with Crippen LogP contribution >= 0.6 is 11.6 Å². The summed E-state index contributed by atoms with van der Waals surface area (Å²) in [6.45, 7) is 0. The molecule has 1 amide bonds. The largest absolute Gasteiger partial charge is 0.324 e. The summed E-state index contributed by atoms with van der Waals surface area (Å²) in [6, 6.07) is 4.60. The van der Waals surface area contributed by atoms with Gasteiger partial charge in [-0.2, -0.15) is 0 Å². The molecule has 21 heavy (non-hydrogen) atoms. The second-order valence-electron chi connectivity index (χ2n) is 5.25. The Bertz CT molecular complexity index is 678. The number of fused-ring (bicyclic) bond motifs is 1. The number of benzene rings is 1. The van der Waals surface area contributed by atoms with Gasteiger partial charge in [0.25, 0.3) is 0 Å². The SMILES string of the molecule is O=C(CCl)Nc1cccc2c1C(=O)C(C(=O)C1CC1)C2=O. The van der Waals surface area contributed by atoms with Crippen LogP contribution in [0.5, 0.6) is 0 Å². The molecule has 2 aliphatic carbocycles. The van der Waals surface area contributed by atoms with E-state index in [1.165, 1.54) is 12.1 Å². The van der Waals surface area contributed by atoms with Crippen LogP contribution in [0.25, 0.3) is 0 Å². The average Bonchev–Trinajstić information content (AvgIpc) is 3.27. The minimum atomic E-state index is -1.23. The first-order valence-corrected chi connectivity index (χ1v) is 7.19. The van der Waals surface area contributed by atoms with Crippen molar-refractivity contribution in [2.24, 2.45) is 11.8 Å². The van der Waals surface area contributed by atoms with Crippen LogP contribution in [0.4, 0.5) is 5.69 Å². The summed E-state index contributed by atoms with van der Waals surface area (Å²) in [4.78, 5) is 48.3. The van der Waals surface area contributed by atoms with Crippen molar-refractivity contribution < 1.29 is 19.2 Å². The molecule has 0 aliphatic heterocycles. The lowest BCUT2D eigenvalue weighted by molar-refractivity contribution is -0.121. The summed E-state index contributed by atoms with van der Waals surface area (Å²) in [7, 11) is 0. The monoisotopic (exact) mass is 305 g/mol. The van der Waals surface area contributed by atoms with Crippen molar-refractivity contribution in [3.8, 4) is 0 Å². The topological polar surface area (TPSA) is 80.3 Å². The van der Waals surface area contributed by atoms with Gasteiger partial charge in [0, 0.05) is 11.5 Å². The summed E-state index contributed by atoms with van der Waals surface area (Å²) in [5.41, 5.74) is 0.564. The van der Waals surface area contributed by atoms with E-state index < -0.39 is 23.4 Å². The van der Waals surface area contributed by atoms with Crippen LogP contribution in [0.3, 0.4) is 0 Å². The number of ketones is 3. The van der Waals surface area contributed by atoms with Gasteiger partial charge in [0.05, 0.1) is 11.3 Å². The molecule has 0 radical (unpaired) electrons. The lowest BCUT2D eigenvalue weighted by Gasteiger charge is -2.07. The third-order valence-electron chi connectivity index (χ3n) is 3.76. The molecule has 1 saturated carbocycles. The van der Waals surface area contributed by atoms with E-state index in [2.05, 4.69) is 5.32 Å². The van der Waals surface area contributed by atoms with E-state index in [4.69, 9.17) is 11.6 Å². The number of anilines is 1. The van der Waals surface area contributed by atoms with E-state index in [9.17, 15) is 19.2 Å². The van der Waals surface area contributed by atoms with Gasteiger partial charge in [-0.15, -0.1) is 11.6 Å². The van der Waals surface area contributed by atoms with Crippen molar-refractivity contribution >= 4 is 40.5 Å². The second-order valence-corrected chi connectivity index (χ2v) is 5.52. The predicted molar refractivity (Wildman–Crippen MR) is 75.7 cm³/mol. The van der Waals surface area contributed by atoms with Crippen LogP contribution in [0.15, 0.2) is 18.2 Å². The Morgan fingerprint density at radius 1 is 1.19 bits per heavy atom. The summed E-state index contributed by atoms with van der Waals surface area (Å²) in [6.07, 6.45) is 1.48. The summed E-state index contributed by atoms with van der Waals surface area (Å²) >= 11 is 5.43. The van der Waals surface area contributed by atoms with Gasteiger partial charge in [-0.3, -0.25) is 19.2 Å². The van der Waals surface area contributed by atoms with Crippen molar-refractivity contribution in [1.82, 2.24) is 0 Å². The van der Waals surface area contributed by atoms with Crippen LogP contribution < -0.4 is 5.32 Å². The molecular formula is C15H12ClNO4. The number of amides is 1. The molecule has 1 atom stereocenters. The van der Waals surface area contributed by atoms with Crippen LogP contribution in [0.1, 0.15) is 33.6 Å². The highest BCUT2D eigenvalue weighted by Crippen LogP contribution is 2.39. The van der Waals surface area contributed by atoms with E-state index in [1.807, 2.05) is 0 Å². The van der Waals surface area contributed by atoms with E-state index in [-0.39, 0.29) is 34.4 Å². The van der Waals surface area contributed by atoms with Gasteiger partial charge in [0.1, 0.15) is 11.8 Å². The maximum atomic E-state index is 12.4. The molecule has 0 spiro atoms. The zero-order chi connectivity index (χ0) is 15.1. The zero-order valence-electron chi connectivity index (χ0n) is 11.0. The number of hydrogen-bond donors (Lipinski definition) is 1. The van der Waals surface area contributed by atoms with Crippen LogP contribution in [-0.4, -0.2) is 29.1 Å². The number of carbonyl (C=O) groups is 4. The van der Waals surface area contributed by atoms with Gasteiger partial charge in [-0.1, -0.05) is 12.1 Å². The van der Waals surface area contributed by atoms with Crippen molar-refractivity contribution in [3.63, 3.8) is 0 Å². The molecule has 1 N–H and O–H groups in total. The Balaban J connectivity index is 1.99. The van der Waals surface area contributed by atoms with Crippen molar-refractivity contribution in [3.05, 3.63) is 29.3 Å². The minimum absolute atomic E-state index is 0.125. The fourth-order valence-corrected chi connectivity index (χ4v) is 2.66. The first-order chi connectivity index (χ1) is 10.0. The number of carbonyl (C=O) groups excluding carboxylic acids is 4. The Hall–Kier alpha value is -2.01. The standard InChI is InChI=1S/C15H12ClNO4/c16-6-10(18)17-9-3-1-2-8-11(9)15(21)12(14(8)20)13(19)7-4-5-7/h1-3,7,12H,4-6H2,(H,17,18). The highest BCUT2D eigenvalue weighted by Gasteiger charge is 2.48. The van der Waals surface area contributed by atoms with Crippen LogP contribution in [0, 0.1) is 11.8 Å². The van der Waals surface area contributed by atoms with E-state index >= 15 is 0 Å². The molecule has 0 heterocycles. The Labute approximate surface area is 125 Å². The zero-order valence-corrected chi connectivity index (χ0v) is 11.8. The number of rotatable bonds is 4. The van der Waals surface area contributed by atoms with Gasteiger partial charge in [0.2, 0.25) is 5.91 Å². The van der Waals surface area contributed by atoms with Crippen LogP contribution in [-0.2, 0) is 9.59 Å². The third kappa shape index (κ3) is 2.27. The molecule has 5 nitrogen and oxygen atoms in total. The number of hydrogen-bond acceptors (Lipinski definition) is 4. The highest BCUT2D eigenvalue weighted by molar-refractivity contribution is 6.38. The number of nitrogens with one attached hydrogen (secondary N) is 1. The molecule has 0 bridgehead atoms. The fourth-order valence-electron chi connectivity index (χ4n) is 2.59. The van der Waals surface area contributed by atoms with Crippen molar-refractivity contribution in [2.45, 2.75) is 12.8 Å². The van der Waals surface area contributed by atoms with E-state index in [0.717, 1.165) is 12.8 Å². The van der Waals surface area contributed by atoms with Crippen LogP contribution in [0.2, 0.25) is 0 Å². The summed E-state index contributed by atoms with van der Waals surface area (Å²) < 4.78 is 0. The fraction of sp³-hybridized carbons (Fsp3) is 0.333. The lowest BCUT2D eigenvalue weighted by Crippen LogP contribution is -2.27. The molecule has 1 unspecified atom stereocenters. The first kappa shape index (κ1) is 13.9. The van der Waals surface area contributed by atoms with E-state index in [0.29, 0.717) is 0 Å². The average molecular weight is 306 g/mol. The molecule has 0 saturated heterocycles. The predicted octanol–water partition coefficient (Wildman–Crippen LogP) is 1.84. The highest BCUT2D eigenvalue weighted by atomic mass is 35.5. The molecule has 0 aromatic heterocycles. The molecule has 1 aromatic carbocycles. The maximum Gasteiger partial charge on any atom is 0.239 e. The second kappa shape index (κ2) is 5.07. The van der Waals surface area contributed by atoms with Gasteiger partial charge in [-0.05, 0) is 18.9 Å². The summed E-state index contributed by atoms with van der Waals surface area (Å²) in [5, 5.41) is 2.49. The molecule has 1 aromatic rings. The van der Waals surface area contributed by atoms with E-state index in [1.54, 1.807) is 6.07 Å². The van der Waals surface area contributed by atoms with Crippen molar-refractivity contribution in [1.29, 1.82) is 0 Å². The smallest absolute Gasteiger partial charge is 0.239 e. The Morgan fingerprint density at radius 2 is 1.90 bits per heavy atom. The quantitative estimate of drug-likeness (QED) is 0.680. The number of Topliss-reactive ketones (excluding diaryl/α,β-unsaturated/α-hetero) is 3. The summed E-state index contributed by atoms with van der Waals surface area (Å²) in [5.74, 6) is -3.40. The Kier molecular flexibility index (Phi) is 3.37.